The lowest BCUT2D eigenvalue weighted by atomic mass is 10.4. The van der Waals surface area contributed by atoms with Crippen LogP contribution >= 0.6 is 19.0 Å². The number of hydrogen-bond donors (Lipinski definition) is 1. The summed E-state index contributed by atoms with van der Waals surface area (Å²) in [6.45, 7) is 1.74. The molecule has 10 heavy (non-hydrogen) atoms. The molecule has 1 unspecified atom stereocenters. The van der Waals surface area contributed by atoms with Gasteiger partial charge in [-0.1, -0.05) is 6.92 Å². The highest BCUT2D eigenvalue weighted by Gasteiger charge is 2.12. The average molecular weight is 185 g/mol. The quantitative estimate of drug-likeness (QED) is 0.405. The topological polar surface area (TPSA) is 37.3 Å². The Labute approximate surface area is 67.0 Å². The van der Waals surface area contributed by atoms with Crippen LogP contribution in [0.2, 0.25) is 0 Å². The minimum absolute atomic E-state index is 0.384. The van der Waals surface area contributed by atoms with E-state index in [1.54, 1.807) is 6.92 Å². The second kappa shape index (κ2) is 5.17. The van der Waals surface area contributed by atoms with Gasteiger partial charge in [0.25, 0.3) is 0 Å². The first kappa shape index (κ1) is 10.5. The Kier molecular flexibility index (Phi) is 5.42. The third kappa shape index (κ3) is 5.28. The maximum absolute atomic E-state index is 11.0. The Morgan fingerprint density at radius 3 is 2.50 bits per heavy atom. The van der Waals surface area contributed by atoms with Gasteiger partial charge in [0.1, 0.15) is 0 Å². The molecule has 0 bridgehead atoms. The van der Waals surface area contributed by atoms with E-state index in [1.165, 1.54) is 0 Å². The Morgan fingerprint density at radius 1 is 1.50 bits per heavy atom. The standard InChI is InChI=1S/C6H14ClO2P/c1-2-10(8,9)6-4-3-5-7/h2-6H2,1H3,(H,8,9). The third-order valence-electron chi connectivity index (χ3n) is 1.39. The normalized spacial score (nSPS) is 16.7. The number of halogens is 1. The number of unbranched alkanes of at least 4 members (excludes halogenated alkanes) is 1. The van der Waals surface area contributed by atoms with Crippen molar-refractivity contribution in [2.75, 3.05) is 18.2 Å². The molecule has 0 aromatic carbocycles. The highest BCUT2D eigenvalue weighted by atomic mass is 35.5. The Bertz CT molecular complexity index is 127. The fraction of sp³-hybridized carbons (Fsp3) is 1.00. The monoisotopic (exact) mass is 184 g/mol. The van der Waals surface area contributed by atoms with Crippen molar-refractivity contribution in [3.8, 4) is 0 Å². The molecule has 0 aromatic rings. The number of alkyl halides is 1. The summed E-state index contributed by atoms with van der Waals surface area (Å²) in [7, 11) is -2.76. The molecule has 62 valence electrons. The summed E-state index contributed by atoms with van der Waals surface area (Å²) in [4.78, 5) is 9.06. The van der Waals surface area contributed by atoms with Crippen LogP contribution in [0, 0.1) is 0 Å². The zero-order valence-electron chi connectivity index (χ0n) is 6.22. The second-order valence-corrected chi connectivity index (χ2v) is 5.43. The first-order chi connectivity index (χ1) is 4.62. The van der Waals surface area contributed by atoms with Gasteiger partial charge in [-0.2, -0.15) is 0 Å². The molecular weight excluding hydrogens is 170 g/mol. The predicted molar refractivity (Wildman–Crippen MR) is 45.2 cm³/mol. The van der Waals surface area contributed by atoms with Gasteiger partial charge in [0.05, 0.1) is 0 Å². The van der Waals surface area contributed by atoms with Crippen molar-refractivity contribution in [3.63, 3.8) is 0 Å². The predicted octanol–water partition coefficient (Wildman–Crippen LogP) is 2.30. The zero-order valence-corrected chi connectivity index (χ0v) is 7.87. The summed E-state index contributed by atoms with van der Waals surface area (Å²) < 4.78 is 11.0. The molecule has 0 aliphatic rings. The van der Waals surface area contributed by atoms with E-state index in [2.05, 4.69) is 0 Å². The summed E-state index contributed by atoms with van der Waals surface area (Å²) in [5.74, 6) is 0.587. The lowest BCUT2D eigenvalue weighted by molar-refractivity contribution is 0.477. The summed E-state index contributed by atoms with van der Waals surface area (Å²) in [5.41, 5.74) is 0. The number of hydrogen-bond acceptors (Lipinski definition) is 1. The van der Waals surface area contributed by atoms with E-state index < -0.39 is 7.37 Å². The zero-order chi connectivity index (χ0) is 8.04. The molecule has 1 N–H and O–H groups in total. The van der Waals surface area contributed by atoms with E-state index in [0.29, 0.717) is 18.2 Å². The van der Waals surface area contributed by atoms with E-state index >= 15 is 0 Å². The Morgan fingerprint density at radius 2 is 2.10 bits per heavy atom. The van der Waals surface area contributed by atoms with Gasteiger partial charge in [-0.25, -0.2) is 0 Å². The van der Waals surface area contributed by atoms with Gasteiger partial charge in [-0.15, -0.1) is 11.6 Å². The van der Waals surface area contributed by atoms with Crippen LogP contribution < -0.4 is 0 Å². The fourth-order valence-electron chi connectivity index (χ4n) is 0.611. The van der Waals surface area contributed by atoms with Crippen LogP contribution in [0.15, 0.2) is 0 Å². The van der Waals surface area contributed by atoms with Crippen LogP contribution in [0.25, 0.3) is 0 Å². The minimum Gasteiger partial charge on any atom is -0.344 e. The SMILES string of the molecule is CCP(=O)(O)CCCCCl. The van der Waals surface area contributed by atoms with Crippen molar-refractivity contribution in [2.24, 2.45) is 0 Å². The van der Waals surface area contributed by atoms with E-state index in [1.807, 2.05) is 0 Å². The van der Waals surface area contributed by atoms with Crippen molar-refractivity contribution in [2.45, 2.75) is 19.8 Å². The first-order valence-corrected chi connectivity index (χ1v) is 6.05. The van der Waals surface area contributed by atoms with Gasteiger partial charge >= 0.3 is 0 Å². The van der Waals surface area contributed by atoms with Crippen LogP contribution in [0.5, 0.6) is 0 Å². The molecule has 1 atom stereocenters. The van der Waals surface area contributed by atoms with Crippen molar-refractivity contribution in [3.05, 3.63) is 0 Å². The van der Waals surface area contributed by atoms with Crippen molar-refractivity contribution >= 4 is 19.0 Å². The molecule has 2 nitrogen and oxygen atoms in total. The van der Waals surface area contributed by atoms with Crippen LogP contribution in [-0.2, 0) is 4.57 Å². The molecule has 0 amide bonds. The average Bonchev–Trinajstić information content (AvgIpc) is 1.89. The van der Waals surface area contributed by atoms with E-state index in [9.17, 15) is 4.57 Å². The number of rotatable bonds is 5. The van der Waals surface area contributed by atoms with Crippen molar-refractivity contribution < 1.29 is 9.46 Å². The highest BCUT2D eigenvalue weighted by molar-refractivity contribution is 7.57. The van der Waals surface area contributed by atoms with Crippen molar-refractivity contribution in [1.82, 2.24) is 0 Å². The van der Waals surface area contributed by atoms with E-state index in [4.69, 9.17) is 16.5 Å². The highest BCUT2D eigenvalue weighted by Crippen LogP contribution is 2.40. The third-order valence-corrected chi connectivity index (χ3v) is 3.66. The Balaban J connectivity index is 3.38. The van der Waals surface area contributed by atoms with Crippen molar-refractivity contribution in [1.29, 1.82) is 0 Å². The molecule has 0 radical (unpaired) electrons. The first-order valence-electron chi connectivity index (χ1n) is 3.49. The molecule has 0 aliphatic heterocycles. The molecule has 4 heteroatoms. The van der Waals surface area contributed by atoms with Crippen LogP contribution in [0.1, 0.15) is 19.8 Å². The molecule has 0 aliphatic carbocycles. The summed E-state index contributed by atoms with van der Waals surface area (Å²) in [6.07, 6.45) is 2.42. The van der Waals surface area contributed by atoms with Crippen LogP contribution in [0.4, 0.5) is 0 Å². The van der Waals surface area contributed by atoms with Gasteiger partial charge < -0.3 is 4.89 Å². The lowest BCUT2D eigenvalue weighted by Crippen LogP contribution is -1.91. The van der Waals surface area contributed by atoms with Gasteiger partial charge in [0.2, 0.25) is 0 Å². The summed E-state index contributed by atoms with van der Waals surface area (Å²) in [6, 6.07) is 0. The molecule has 0 fully saturated rings. The molecule has 0 saturated heterocycles. The van der Waals surface area contributed by atoms with Gasteiger partial charge in [0, 0.05) is 18.2 Å². The maximum Gasteiger partial charge on any atom is 0.200 e. The van der Waals surface area contributed by atoms with Gasteiger partial charge in [-0.05, 0) is 12.8 Å². The van der Waals surface area contributed by atoms with Gasteiger partial charge in [0.15, 0.2) is 7.37 Å². The lowest BCUT2D eigenvalue weighted by Gasteiger charge is -2.06. The minimum atomic E-state index is -2.76. The van der Waals surface area contributed by atoms with Gasteiger partial charge in [-0.3, -0.25) is 4.57 Å². The maximum atomic E-state index is 11.0. The van der Waals surface area contributed by atoms with E-state index in [-0.39, 0.29) is 0 Å². The van der Waals surface area contributed by atoms with Crippen LogP contribution in [0.3, 0.4) is 0 Å². The smallest absolute Gasteiger partial charge is 0.200 e. The van der Waals surface area contributed by atoms with Crippen LogP contribution in [-0.4, -0.2) is 23.1 Å². The molecule has 0 aromatic heterocycles. The molecular formula is C6H14ClO2P. The summed E-state index contributed by atoms with van der Waals surface area (Å²) in [5, 5.41) is 0. The van der Waals surface area contributed by atoms with E-state index in [0.717, 1.165) is 12.8 Å². The molecule has 0 heterocycles. The summed E-state index contributed by atoms with van der Waals surface area (Å²) >= 11 is 5.40. The molecule has 0 rings (SSSR count). The largest absolute Gasteiger partial charge is 0.344 e. The second-order valence-electron chi connectivity index (χ2n) is 2.28. The fourth-order valence-corrected chi connectivity index (χ4v) is 1.83. The Hall–Kier alpha value is 0.480. The molecule has 0 spiro atoms. The molecule has 0 saturated carbocycles.